The number of hydrogen-bond donors (Lipinski definition) is 1. The first kappa shape index (κ1) is 16.1. The van der Waals surface area contributed by atoms with Gasteiger partial charge in [0.15, 0.2) is 11.5 Å². The lowest BCUT2D eigenvalue weighted by atomic mass is 9.95. The number of methoxy groups -OCH3 is 1. The molecule has 0 aliphatic heterocycles. The van der Waals surface area contributed by atoms with Crippen molar-refractivity contribution < 1.29 is 9.47 Å². The number of benzene rings is 1. The lowest BCUT2D eigenvalue weighted by Gasteiger charge is -2.29. The van der Waals surface area contributed by atoms with E-state index in [4.69, 9.17) is 21.1 Å². The number of alkyl halides is 1. The van der Waals surface area contributed by atoms with Crippen molar-refractivity contribution in [3.63, 3.8) is 0 Å². The Kier molecular flexibility index (Phi) is 7.03. The fourth-order valence-electron chi connectivity index (χ4n) is 1.85. The summed E-state index contributed by atoms with van der Waals surface area (Å²) < 4.78 is 11.0. The number of para-hydroxylation sites is 2. The maximum atomic E-state index is 5.83. The van der Waals surface area contributed by atoms with Crippen molar-refractivity contribution in [2.45, 2.75) is 32.2 Å². The molecule has 0 aliphatic carbocycles. The van der Waals surface area contributed by atoms with Crippen LogP contribution in [0.4, 0.5) is 0 Å². The number of ether oxygens (including phenoxy) is 2. The Hall–Kier alpha value is -0.930. The van der Waals surface area contributed by atoms with Gasteiger partial charge in [-0.05, 0) is 31.9 Å². The van der Waals surface area contributed by atoms with E-state index in [1.165, 1.54) is 0 Å². The SMILES string of the molecule is CCC(C)(CCCl)NCCOc1ccccc1OC. The van der Waals surface area contributed by atoms with Gasteiger partial charge in [0.2, 0.25) is 0 Å². The number of nitrogens with one attached hydrogen (secondary N) is 1. The molecule has 0 fully saturated rings. The quantitative estimate of drug-likeness (QED) is 0.557. The van der Waals surface area contributed by atoms with E-state index in [-0.39, 0.29) is 5.54 Å². The molecule has 0 amide bonds. The second-order valence-corrected chi connectivity index (χ2v) is 5.16. The monoisotopic (exact) mass is 285 g/mol. The van der Waals surface area contributed by atoms with Gasteiger partial charge in [0.05, 0.1) is 7.11 Å². The summed E-state index contributed by atoms with van der Waals surface area (Å²) in [7, 11) is 1.65. The van der Waals surface area contributed by atoms with Crippen LogP contribution in [0, 0.1) is 0 Å². The standard InChI is InChI=1S/C15H24ClNO2/c1-4-15(2,9-10-16)17-11-12-19-14-8-6-5-7-13(14)18-3/h5-8,17H,4,9-12H2,1-3H3. The molecule has 1 rings (SSSR count). The second-order valence-electron chi connectivity index (χ2n) is 4.78. The molecule has 108 valence electrons. The summed E-state index contributed by atoms with van der Waals surface area (Å²) in [5, 5.41) is 3.50. The van der Waals surface area contributed by atoms with Gasteiger partial charge in [-0.1, -0.05) is 19.1 Å². The summed E-state index contributed by atoms with van der Waals surface area (Å²) >= 11 is 5.83. The van der Waals surface area contributed by atoms with Gasteiger partial charge < -0.3 is 14.8 Å². The van der Waals surface area contributed by atoms with Crippen LogP contribution in [0.3, 0.4) is 0 Å². The van der Waals surface area contributed by atoms with Gasteiger partial charge in [-0.2, -0.15) is 0 Å². The van der Waals surface area contributed by atoms with Gasteiger partial charge in [-0.25, -0.2) is 0 Å². The van der Waals surface area contributed by atoms with Crippen LogP contribution in [0.1, 0.15) is 26.7 Å². The molecule has 0 saturated heterocycles. The van der Waals surface area contributed by atoms with E-state index >= 15 is 0 Å². The molecule has 19 heavy (non-hydrogen) atoms. The van der Waals surface area contributed by atoms with Crippen LogP contribution in [0.15, 0.2) is 24.3 Å². The molecule has 1 atom stereocenters. The van der Waals surface area contributed by atoms with Gasteiger partial charge in [0, 0.05) is 18.0 Å². The minimum Gasteiger partial charge on any atom is -0.493 e. The van der Waals surface area contributed by atoms with Crippen LogP contribution in [0.2, 0.25) is 0 Å². The lowest BCUT2D eigenvalue weighted by Crippen LogP contribution is -2.44. The highest BCUT2D eigenvalue weighted by Gasteiger charge is 2.19. The predicted molar refractivity (Wildman–Crippen MR) is 80.5 cm³/mol. The van der Waals surface area contributed by atoms with Crippen molar-refractivity contribution in [2.75, 3.05) is 26.1 Å². The molecule has 1 aromatic rings. The molecule has 1 unspecified atom stereocenters. The number of hydrogen-bond acceptors (Lipinski definition) is 3. The van der Waals surface area contributed by atoms with Crippen LogP contribution in [-0.2, 0) is 0 Å². The van der Waals surface area contributed by atoms with E-state index < -0.39 is 0 Å². The molecule has 0 radical (unpaired) electrons. The Morgan fingerprint density at radius 1 is 1.26 bits per heavy atom. The lowest BCUT2D eigenvalue weighted by molar-refractivity contribution is 0.258. The van der Waals surface area contributed by atoms with Crippen LogP contribution in [0.25, 0.3) is 0 Å². The Morgan fingerprint density at radius 3 is 2.53 bits per heavy atom. The molecule has 3 nitrogen and oxygen atoms in total. The minimum atomic E-state index is 0.0892. The Balaban J connectivity index is 2.38. The van der Waals surface area contributed by atoms with Gasteiger partial charge in [0.25, 0.3) is 0 Å². The van der Waals surface area contributed by atoms with Gasteiger partial charge >= 0.3 is 0 Å². The minimum absolute atomic E-state index is 0.0892. The molecule has 1 aromatic carbocycles. The molecular weight excluding hydrogens is 262 g/mol. The molecular formula is C15H24ClNO2. The van der Waals surface area contributed by atoms with Crippen molar-refractivity contribution in [3.05, 3.63) is 24.3 Å². The van der Waals surface area contributed by atoms with Crippen LogP contribution < -0.4 is 14.8 Å². The molecule has 0 bridgehead atoms. The Labute approximate surface area is 121 Å². The third-order valence-corrected chi connectivity index (χ3v) is 3.60. The normalized spacial score (nSPS) is 13.9. The summed E-state index contributed by atoms with van der Waals surface area (Å²) in [4.78, 5) is 0. The summed E-state index contributed by atoms with van der Waals surface area (Å²) in [5.41, 5.74) is 0.0892. The van der Waals surface area contributed by atoms with E-state index in [2.05, 4.69) is 19.2 Å². The summed E-state index contributed by atoms with van der Waals surface area (Å²) in [6.45, 7) is 5.76. The number of halogens is 1. The smallest absolute Gasteiger partial charge is 0.161 e. The summed E-state index contributed by atoms with van der Waals surface area (Å²) in [5.74, 6) is 2.22. The molecule has 1 N–H and O–H groups in total. The third kappa shape index (κ3) is 5.29. The topological polar surface area (TPSA) is 30.5 Å². The molecule has 0 heterocycles. The fraction of sp³-hybridized carbons (Fsp3) is 0.600. The molecule has 0 aliphatic rings. The average Bonchev–Trinajstić information content (AvgIpc) is 2.44. The van der Waals surface area contributed by atoms with E-state index in [0.717, 1.165) is 30.9 Å². The highest BCUT2D eigenvalue weighted by atomic mass is 35.5. The van der Waals surface area contributed by atoms with Crippen molar-refractivity contribution >= 4 is 11.6 Å². The molecule has 0 aromatic heterocycles. The zero-order chi connectivity index (χ0) is 14.1. The van der Waals surface area contributed by atoms with E-state index in [1.807, 2.05) is 24.3 Å². The maximum Gasteiger partial charge on any atom is 0.161 e. The number of rotatable bonds is 9. The third-order valence-electron chi connectivity index (χ3n) is 3.41. The van der Waals surface area contributed by atoms with Crippen molar-refractivity contribution in [3.8, 4) is 11.5 Å². The first-order valence-corrected chi connectivity index (χ1v) is 7.25. The van der Waals surface area contributed by atoms with E-state index in [0.29, 0.717) is 12.5 Å². The van der Waals surface area contributed by atoms with Gasteiger partial charge in [0.1, 0.15) is 6.61 Å². The van der Waals surface area contributed by atoms with Crippen LogP contribution >= 0.6 is 11.6 Å². The zero-order valence-corrected chi connectivity index (χ0v) is 12.8. The van der Waals surface area contributed by atoms with Crippen molar-refractivity contribution in [1.82, 2.24) is 5.32 Å². The van der Waals surface area contributed by atoms with E-state index in [1.54, 1.807) is 7.11 Å². The highest BCUT2D eigenvalue weighted by Crippen LogP contribution is 2.25. The predicted octanol–water partition coefficient (Wildman–Crippen LogP) is 3.46. The van der Waals surface area contributed by atoms with Crippen LogP contribution in [-0.4, -0.2) is 31.7 Å². The summed E-state index contributed by atoms with van der Waals surface area (Å²) in [6.07, 6.45) is 2.01. The Bertz CT molecular complexity index is 373. The first-order chi connectivity index (χ1) is 9.15. The molecule has 0 saturated carbocycles. The maximum absolute atomic E-state index is 5.83. The van der Waals surface area contributed by atoms with Crippen molar-refractivity contribution in [2.24, 2.45) is 0 Å². The van der Waals surface area contributed by atoms with Crippen molar-refractivity contribution in [1.29, 1.82) is 0 Å². The first-order valence-electron chi connectivity index (χ1n) is 6.72. The van der Waals surface area contributed by atoms with E-state index in [9.17, 15) is 0 Å². The molecule has 4 heteroatoms. The van der Waals surface area contributed by atoms with Gasteiger partial charge in [-0.15, -0.1) is 11.6 Å². The largest absolute Gasteiger partial charge is 0.493 e. The Morgan fingerprint density at radius 2 is 1.95 bits per heavy atom. The zero-order valence-electron chi connectivity index (χ0n) is 12.0. The van der Waals surface area contributed by atoms with Crippen LogP contribution in [0.5, 0.6) is 11.5 Å². The highest BCUT2D eigenvalue weighted by molar-refractivity contribution is 6.17. The second kappa shape index (κ2) is 8.28. The fourth-order valence-corrected chi connectivity index (χ4v) is 2.27. The summed E-state index contributed by atoms with van der Waals surface area (Å²) in [6, 6.07) is 7.68. The molecule has 0 spiro atoms. The average molecular weight is 286 g/mol. The van der Waals surface area contributed by atoms with Gasteiger partial charge in [-0.3, -0.25) is 0 Å².